The van der Waals surface area contributed by atoms with Crippen molar-refractivity contribution in [2.75, 3.05) is 36.5 Å². The van der Waals surface area contributed by atoms with E-state index >= 15 is 0 Å². The lowest BCUT2D eigenvalue weighted by Gasteiger charge is -2.27. The Morgan fingerprint density at radius 3 is 2.48 bits per heavy atom. The van der Waals surface area contributed by atoms with E-state index in [9.17, 15) is 4.79 Å². The van der Waals surface area contributed by atoms with Gasteiger partial charge in [-0.15, -0.1) is 0 Å². The van der Waals surface area contributed by atoms with E-state index in [2.05, 4.69) is 36.2 Å². The maximum Gasteiger partial charge on any atom is 0.255 e. The highest BCUT2D eigenvalue weighted by Gasteiger charge is 2.13. The van der Waals surface area contributed by atoms with Gasteiger partial charge in [-0.3, -0.25) is 4.79 Å². The van der Waals surface area contributed by atoms with E-state index < -0.39 is 0 Å². The van der Waals surface area contributed by atoms with Gasteiger partial charge in [-0.25, -0.2) is 9.67 Å². The molecule has 0 saturated carbocycles. The van der Waals surface area contributed by atoms with Crippen LogP contribution in [0.15, 0.2) is 59.5 Å². The Labute approximate surface area is 165 Å². The third kappa shape index (κ3) is 4.17. The molecule has 1 saturated heterocycles. The Bertz CT molecular complexity index is 918. The number of amides is 1. The van der Waals surface area contributed by atoms with Crippen LogP contribution in [0.3, 0.4) is 0 Å². The maximum atomic E-state index is 12.5. The van der Waals surface area contributed by atoms with Crippen molar-refractivity contribution in [2.45, 2.75) is 0 Å². The van der Waals surface area contributed by atoms with E-state index in [0.29, 0.717) is 24.5 Å². The zero-order valence-electron chi connectivity index (χ0n) is 14.5. The normalized spacial score (nSPS) is 14.2. The number of ether oxygens (including phenoxy) is 1. The number of nitrogens with zero attached hydrogens (tertiary/aromatic N) is 4. The summed E-state index contributed by atoms with van der Waals surface area (Å²) in [6.07, 6.45) is 5.25. The topological polar surface area (TPSA) is 72.3 Å². The summed E-state index contributed by atoms with van der Waals surface area (Å²) in [4.78, 5) is 19.1. The summed E-state index contributed by atoms with van der Waals surface area (Å²) in [5.74, 6) is 0.718. The summed E-state index contributed by atoms with van der Waals surface area (Å²) in [5, 5.41) is 7.10. The second kappa shape index (κ2) is 7.89. The average molecular weight is 428 g/mol. The van der Waals surface area contributed by atoms with E-state index in [4.69, 9.17) is 4.74 Å². The minimum Gasteiger partial charge on any atom is -0.378 e. The van der Waals surface area contributed by atoms with Crippen LogP contribution in [0.5, 0.6) is 0 Å². The fourth-order valence-electron chi connectivity index (χ4n) is 2.85. The molecule has 138 valence electrons. The molecule has 0 aliphatic carbocycles. The molecule has 8 heteroatoms. The first-order chi connectivity index (χ1) is 13.2. The number of carbonyl (C=O) groups is 1. The number of halogens is 1. The molecule has 0 bridgehead atoms. The number of rotatable bonds is 4. The van der Waals surface area contributed by atoms with Crippen LogP contribution in [-0.2, 0) is 4.74 Å². The number of pyridine rings is 1. The highest BCUT2D eigenvalue weighted by molar-refractivity contribution is 9.10. The van der Waals surface area contributed by atoms with Crippen LogP contribution in [0.2, 0.25) is 0 Å². The van der Waals surface area contributed by atoms with Crippen LogP contribution < -0.4 is 10.2 Å². The second-order valence-corrected chi connectivity index (χ2v) is 7.02. The van der Waals surface area contributed by atoms with Crippen LogP contribution in [0.25, 0.3) is 5.69 Å². The second-order valence-electron chi connectivity index (χ2n) is 6.11. The molecule has 0 spiro atoms. The first kappa shape index (κ1) is 17.7. The van der Waals surface area contributed by atoms with Crippen molar-refractivity contribution in [3.63, 3.8) is 0 Å². The van der Waals surface area contributed by atoms with Crippen molar-refractivity contribution in [1.29, 1.82) is 0 Å². The van der Waals surface area contributed by atoms with Gasteiger partial charge in [0.05, 0.1) is 41.5 Å². The van der Waals surface area contributed by atoms with Crippen LogP contribution in [0, 0.1) is 0 Å². The van der Waals surface area contributed by atoms with Gasteiger partial charge in [0.2, 0.25) is 0 Å². The minimum atomic E-state index is -0.177. The van der Waals surface area contributed by atoms with Crippen molar-refractivity contribution in [3.8, 4) is 5.69 Å². The number of hydrogen-bond acceptors (Lipinski definition) is 5. The van der Waals surface area contributed by atoms with Gasteiger partial charge in [-0.05, 0) is 52.3 Å². The first-order valence-corrected chi connectivity index (χ1v) is 9.39. The molecule has 3 heterocycles. The van der Waals surface area contributed by atoms with Crippen molar-refractivity contribution in [2.24, 2.45) is 0 Å². The van der Waals surface area contributed by atoms with Crippen molar-refractivity contribution in [3.05, 3.63) is 65.0 Å². The molecular formula is C19H18BrN5O2. The van der Waals surface area contributed by atoms with E-state index in [1.165, 1.54) is 0 Å². The van der Waals surface area contributed by atoms with Crippen LogP contribution in [-0.4, -0.2) is 47.0 Å². The van der Waals surface area contributed by atoms with Gasteiger partial charge in [0.1, 0.15) is 5.82 Å². The number of anilines is 2. The lowest BCUT2D eigenvalue weighted by atomic mass is 10.2. The quantitative estimate of drug-likeness (QED) is 0.692. The van der Waals surface area contributed by atoms with Gasteiger partial charge in [-0.1, -0.05) is 0 Å². The fraction of sp³-hybridized carbons (Fsp3) is 0.211. The third-order valence-corrected chi connectivity index (χ3v) is 4.70. The summed E-state index contributed by atoms with van der Waals surface area (Å²) in [6, 6.07) is 11.0. The summed E-state index contributed by atoms with van der Waals surface area (Å²) >= 11 is 3.37. The van der Waals surface area contributed by atoms with Gasteiger partial charge in [-0.2, -0.15) is 5.10 Å². The maximum absolute atomic E-state index is 12.5. The van der Waals surface area contributed by atoms with E-state index in [-0.39, 0.29) is 5.91 Å². The molecule has 0 radical (unpaired) electrons. The van der Waals surface area contributed by atoms with Gasteiger partial charge in [0.15, 0.2) is 0 Å². The minimum absolute atomic E-state index is 0.177. The predicted octanol–water partition coefficient (Wildman–Crippen LogP) is 3.12. The van der Waals surface area contributed by atoms with Gasteiger partial charge in [0, 0.05) is 24.8 Å². The highest BCUT2D eigenvalue weighted by atomic mass is 79.9. The molecule has 1 aliphatic heterocycles. The Kier molecular flexibility index (Phi) is 5.17. The van der Waals surface area contributed by atoms with Crippen LogP contribution in [0.4, 0.5) is 11.5 Å². The predicted molar refractivity (Wildman–Crippen MR) is 106 cm³/mol. The molecule has 0 atom stereocenters. The van der Waals surface area contributed by atoms with Crippen LogP contribution in [0.1, 0.15) is 10.4 Å². The number of aromatic nitrogens is 3. The lowest BCUT2D eigenvalue weighted by Crippen LogP contribution is -2.36. The Morgan fingerprint density at radius 1 is 1.07 bits per heavy atom. The van der Waals surface area contributed by atoms with E-state index in [0.717, 1.165) is 29.1 Å². The number of morpholine rings is 1. The highest BCUT2D eigenvalue weighted by Crippen LogP contribution is 2.17. The molecule has 0 unspecified atom stereocenters. The molecule has 7 nitrogen and oxygen atoms in total. The molecule has 4 rings (SSSR count). The molecule has 1 aliphatic rings. The number of benzene rings is 1. The largest absolute Gasteiger partial charge is 0.378 e. The molecule has 1 aromatic carbocycles. The number of nitrogens with one attached hydrogen (secondary N) is 1. The summed E-state index contributed by atoms with van der Waals surface area (Å²) < 4.78 is 7.99. The monoisotopic (exact) mass is 427 g/mol. The number of carbonyl (C=O) groups excluding carboxylic acids is 1. The SMILES string of the molecule is O=C(Nc1ccc(N2CCOCC2)nc1)c1ccc(-n2cc(Br)cn2)cc1. The van der Waals surface area contributed by atoms with Crippen molar-refractivity contribution < 1.29 is 9.53 Å². The lowest BCUT2D eigenvalue weighted by molar-refractivity contribution is 0.102. The summed E-state index contributed by atoms with van der Waals surface area (Å²) in [7, 11) is 0. The smallest absolute Gasteiger partial charge is 0.255 e. The number of hydrogen-bond donors (Lipinski definition) is 1. The molecule has 2 aromatic heterocycles. The van der Waals surface area contributed by atoms with Crippen molar-refractivity contribution >= 4 is 33.3 Å². The molecular weight excluding hydrogens is 410 g/mol. The third-order valence-electron chi connectivity index (χ3n) is 4.29. The molecule has 27 heavy (non-hydrogen) atoms. The summed E-state index contributed by atoms with van der Waals surface area (Å²) in [5.41, 5.74) is 2.12. The Hall–Kier alpha value is -2.71. The fourth-order valence-corrected chi connectivity index (χ4v) is 3.14. The molecule has 3 aromatic rings. The van der Waals surface area contributed by atoms with Crippen LogP contribution >= 0.6 is 15.9 Å². The zero-order chi connectivity index (χ0) is 18.6. The average Bonchev–Trinajstić information content (AvgIpc) is 3.16. The van der Waals surface area contributed by atoms with E-state index in [1.54, 1.807) is 29.2 Å². The molecule has 1 amide bonds. The standard InChI is InChI=1S/C19H18BrN5O2/c20-15-11-22-25(13-15)17-4-1-14(2-5-17)19(26)23-16-3-6-18(21-12-16)24-7-9-27-10-8-24/h1-6,11-13H,7-10H2,(H,23,26). The van der Waals surface area contributed by atoms with Gasteiger partial charge >= 0.3 is 0 Å². The Balaban J connectivity index is 1.41. The van der Waals surface area contributed by atoms with Crippen molar-refractivity contribution in [1.82, 2.24) is 14.8 Å². The first-order valence-electron chi connectivity index (χ1n) is 8.60. The Morgan fingerprint density at radius 2 is 1.85 bits per heavy atom. The molecule has 1 N–H and O–H groups in total. The van der Waals surface area contributed by atoms with Gasteiger partial charge < -0.3 is 15.0 Å². The van der Waals surface area contributed by atoms with E-state index in [1.807, 2.05) is 30.5 Å². The summed E-state index contributed by atoms with van der Waals surface area (Å²) in [6.45, 7) is 3.09. The zero-order valence-corrected chi connectivity index (χ0v) is 16.1. The van der Waals surface area contributed by atoms with Gasteiger partial charge in [0.25, 0.3) is 5.91 Å². The molecule has 1 fully saturated rings.